The molecular formula is C20H25FN2O4S. The van der Waals surface area contributed by atoms with Crippen LogP contribution < -0.4 is 5.32 Å². The maximum atomic E-state index is 13.5. The van der Waals surface area contributed by atoms with E-state index in [1.54, 1.807) is 32.4 Å². The molecule has 1 aliphatic heterocycles. The molecule has 1 aromatic heterocycles. The Morgan fingerprint density at radius 2 is 1.93 bits per heavy atom. The second-order valence-electron chi connectivity index (χ2n) is 7.93. The van der Waals surface area contributed by atoms with Gasteiger partial charge in [-0.05, 0) is 50.1 Å². The molecule has 0 aliphatic carbocycles. The largest absolute Gasteiger partial charge is 0.380 e. The van der Waals surface area contributed by atoms with E-state index < -0.39 is 21.2 Å². The summed E-state index contributed by atoms with van der Waals surface area (Å²) in [6.07, 6.45) is 0. The van der Waals surface area contributed by atoms with Crippen molar-refractivity contribution in [2.45, 2.75) is 32.6 Å². The molecule has 8 heteroatoms. The van der Waals surface area contributed by atoms with Crippen LogP contribution in [0.2, 0.25) is 0 Å². The number of hydrogen-bond acceptors (Lipinski definition) is 4. The lowest BCUT2D eigenvalue weighted by molar-refractivity contribution is -0.0870. The number of carbonyl (C=O) groups is 1. The number of carbonyl (C=O) groups excluding carboxylic acids is 1. The first-order valence-corrected chi connectivity index (χ1v) is 10.6. The van der Waals surface area contributed by atoms with E-state index in [1.165, 1.54) is 18.2 Å². The second-order valence-corrected chi connectivity index (χ2v) is 9.85. The Bertz CT molecular complexity index is 1050. The molecule has 0 saturated carbocycles. The molecule has 2 heterocycles. The van der Waals surface area contributed by atoms with Crippen LogP contribution in [0, 0.1) is 32.0 Å². The van der Waals surface area contributed by atoms with E-state index in [0.29, 0.717) is 35.7 Å². The molecule has 1 N–H and O–H groups in total. The summed E-state index contributed by atoms with van der Waals surface area (Å²) in [6, 6.07) is 4.29. The number of aromatic nitrogens is 1. The van der Waals surface area contributed by atoms with Crippen LogP contribution in [0.3, 0.4) is 0 Å². The molecule has 0 radical (unpaired) electrons. The third-order valence-electron chi connectivity index (χ3n) is 5.24. The Morgan fingerprint density at radius 1 is 1.29 bits per heavy atom. The number of anilines is 1. The van der Waals surface area contributed by atoms with E-state index in [9.17, 15) is 17.6 Å². The van der Waals surface area contributed by atoms with Crippen molar-refractivity contribution in [1.82, 2.24) is 4.57 Å². The number of halogens is 1. The van der Waals surface area contributed by atoms with E-state index in [2.05, 4.69) is 5.32 Å². The van der Waals surface area contributed by atoms with Gasteiger partial charge in [0, 0.05) is 23.8 Å². The Morgan fingerprint density at radius 3 is 2.46 bits per heavy atom. The van der Waals surface area contributed by atoms with Crippen molar-refractivity contribution in [3.05, 3.63) is 46.5 Å². The average molecular weight is 408 g/mol. The number of nitrogens with zero attached hydrogens (tertiary/aromatic N) is 1. The predicted molar refractivity (Wildman–Crippen MR) is 105 cm³/mol. The lowest BCUT2D eigenvalue weighted by atomic mass is 9.92. The molecule has 0 spiro atoms. The molecule has 1 amide bonds. The number of aryl methyl sites for hydroxylation is 1. The van der Waals surface area contributed by atoms with Gasteiger partial charge in [0.25, 0.3) is 5.91 Å². The monoisotopic (exact) mass is 408 g/mol. The first kappa shape index (κ1) is 20.5. The van der Waals surface area contributed by atoms with Crippen LogP contribution >= 0.6 is 0 Å². The van der Waals surface area contributed by atoms with Crippen LogP contribution in [0.4, 0.5) is 10.1 Å². The number of ether oxygens (including phenoxy) is 1. The van der Waals surface area contributed by atoms with Crippen molar-refractivity contribution in [1.29, 1.82) is 0 Å². The zero-order valence-electron chi connectivity index (χ0n) is 16.7. The van der Waals surface area contributed by atoms with Gasteiger partial charge < -0.3 is 14.6 Å². The zero-order valence-corrected chi connectivity index (χ0v) is 17.5. The summed E-state index contributed by atoms with van der Waals surface area (Å²) < 4.78 is 46.4. The van der Waals surface area contributed by atoms with Crippen LogP contribution in [0.15, 0.2) is 23.1 Å². The SMILES string of the molecule is Cc1cc(NC(=O)c2c(C)c(S(=O)(=O)CC3(C)COC3)c(C)n2C)ccc1F. The Hall–Kier alpha value is -2.19. The zero-order chi connectivity index (χ0) is 20.9. The molecule has 1 saturated heterocycles. The second kappa shape index (κ2) is 7.00. The highest BCUT2D eigenvalue weighted by Gasteiger charge is 2.40. The molecule has 0 unspecified atom stereocenters. The third-order valence-corrected chi connectivity index (χ3v) is 7.54. The summed E-state index contributed by atoms with van der Waals surface area (Å²) in [7, 11) is -1.92. The van der Waals surface area contributed by atoms with Gasteiger partial charge >= 0.3 is 0 Å². The van der Waals surface area contributed by atoms with E-state index in [4.69, 9.17) is 4.74 Å². The molecular weight excluding hydrogens is 383 g/mol. The van der Waals surface area contributed by atoms with Gasteiger partial charge in [-0.15, -0.1) is 0 Å². The molecule has 1 aliphatic rings. The van der Waals surface area contributed by atoms with Crippen LogP contribution in [-0.4, -0.2) is 37.9 Å². The Balaban J connectivity index is 1.95. The van der Waals surface area contributed by atoms with Gasteiger partial charge in [0.05, 0.1) is 23.9 Å². The summed E-state index contributed by atoms with van der Waals surface area (Å²) in [6.45, 7) is 7.65. The molecule has 152 valence electrons. The number of hydrogen-bond donors (Lipinski definition) is 1. The summed E-state index contributed by atoms with van der Waals surface area (Å²) in [4.78, 5) is 13.1. The van der Waals surface area contributed by atoms with Gasteiger partial charge in [-0.3, -0.25) is 4.79 Å². The minimum atomic E-state index is -3.59. The molecule has 0 atom stereocenters. The molecule has 1 fully saturated rings. The van der Waals surface area contributed by atoms with E-state index in [-0.39, 0.29) is 22.2 Å². The minimum Gasteiger partial charge on any atom is -0.380 e. The van der Waals surface area contributed by atoms with E-state index >= 15 is 0 Å². The predicted octanol–water partition coefficient (Wildman–Crippen LogP) is 3.15. The lowest BCUT2D eigenvalue weighted by Gasteiger charge is -2.37. The molecule has 2 aromatic rings. The summed E-state index contributed by atoms with van der Waals surface area (Å²) >= 11 is 0. The van der Waals surface area contributed by atoms with Crippen molar-refractivity contribution >= 4 is 21.4 Å². The van der Waals surface area contributed by atoms with E-state index in [0.717, 1.165) is 0 Å². The van der Waals surface area contributed by atoms with Crippen molar-refractivity contribution in [3.8, 4) is 0 Å². The molecule has 0 bridgehead atoms. The van der Waals surface area contributed by atoms with Gasteiger partial charge in [0.1, 0.15) is 11.5 Å². The summed E-state index contributed by atoms with van der Waals surface area (Å²) in [5.41, 5.74) is 1.67. The highest BCUT2D eigenvalue weighted by atomic mass is 32.2. The van der Waals surface area contributed by atoms with Crippen LogP contribution in [-0.2, 0) is 21.6 Å². The maximum absolute atomic E-state index is 13.5. The standard InChI is InChI=1S/C20H25FN2O4S/c1-12-8-15(6-7-16(12)21)22-19(24)17-13(2)18(14(3)23(17)5)28(25,26)11-20(4)9-27-10-20/h6-8H,9-11H2,1-5H3,(H,22,24). The molecule has 6 nitrogen and oxygen atoms in total. The summed E-state index contributed by atoms with van der Waals surface area (Å²) in [5, 5.41) is 2.73. The number of nitrogens with one attached hydrogen (secondary N) is 1. The molecule has 1 aromatic carbocycles. The number of sulfone groups is 1. The highest BCUT2D eigenvalue weighted by molar-refractivity contribution is 7.91. The third kappa shape index (κ3) is 3.58. The van der Waals surface area contributed by atoms with E-state index in [1.807, 2.05) is 6.92 Å². The summed E-state index contributed by atoms with van der Waals surface area (Å²) in [5.74, 6) is -0.816. The first-order chi connectivity index (χ1) is 12.9. The fourth-order valence-corrected chi connectivity index (χ4v) is 6.09. The van der Waals surface area contributed by atoms with Crippen molar-refractivity contribution in [2.24, 2.45) is 12.5 Å². The van der Waals surface area contributed by atoms with Crippen LogP contribution in [0.1, 0.15) is 34.2 Å². The Labute approximate surface area is 164 Å². The highest BCUT2D eigenvalue weighted by Crippen LogP contribution is 2.34. The number of amides is 1. The van der Waals surface area contributed by atoms with Gasteiger partial charge in [-0.25, -0.2) is 12.8 Å². The molecule has 28 heavy (non-hydrogen) atoms. The normalized spacial score (nSPS) is 15.9. The smallest absolute Gasteiger partial charge is 0.272 e. The quantitative estimate of drug-likeness (QED) is 0.825. The van der Waals surface area contributed by atoms with Crippen LogP contribution in [0.5, 0.6) is 0 Å². The number of benzene rings is 1. The first-order valence-electron chi connectivity index (χ1n) is 8.99. The van der Waals surface area contributed by atoms with Crippen LogP contribution in [0.25, 0.3) is 0 Å². The maximum Gasteiger partial charge on any atom is 0.272 e. The Kier molecular flexibility index (Phi) is 5.14. The lowest BCUT2D eigenvalue weighted by Crippen LogP contribution is -2.45. The topological polar surface area (TPSA) is 77.4 Å². The molecule has 3 rings (SSSR count). The van der Waals surface area contributed by atoms with Gasteiger partial charge in [0.15, 0.2) is 9.84 Å². The minimum absolute atomic E-state index is 0.0239. The van der Waals surface area contributed by atoms with Gasteiger partial charge in [-0.1, -0.05) is 6.92 Å². The fourth-order valence-electron chi connectivity index (χ4n) is 3.71. The van der Waals surface area contributed by atoms with Gasteiger partial charge in [-0.2, -0.15) is 0 Å². The van der Waals surface area contributed by atoms with Crippen molar-refractivity contribution in [2.75, 3.05) is 24.3 Å². The fraction of sp³-hybridized carbons (Fsp3) is 0.450. The van der Waals surface area contributed by atoms with Crippen molar-refractivity contribution < 1.29 is 22.3 Å². The van der Waals surface area contributed by atoms with Crippen molar-refractivity contribution in [3.63, 3.8) is 0 Å². The average Bonchev–Trinajstić information content (AvgIpc) is 2.79. The number of rotatable bonds is 5. The van der Waals surface area contributed by atoms with Gasteiger partial charge in [0.2, 0.25) is 0 Å².